The first kappa shape index (κ1) is 17.6. The first-order chi connectivity index (χ1) is 10.9. The lowest BCUT2D eigenvalue weighted by Gasteiger charge is -2.22. The molecule has 0 unspecified atom stereocenters. The van der Waals surface area contributed by atoms with Gasteiger partial charge in [0, 0.05) is 29.9 Å². The van der Waals surface area contributed by atoms with Gasteiger partial charge in [-0.1, -0.05) is 17.7 Å². The fraction of sp³-hybridized carbons (Fsp3) is 0.278. The maximum atomic E-state index is 6.08. The zero-order valence-electron chi connectivity index (χ0n) is 13.8. The van der Waals surface area contributed by atoms with Gasteiger partial charge >= 0.3 is 0 Å². The van der Waals surface area contributed by atoms with Crippen molar-refractivity contribution in [2.45, 2.75) is 20.4 Å². The number of rotatable bonds is 4. The summed E-state index contributed by atoms with van der Waals surface area (Å²) in [4.78, 5) is 1.96. The van der Waals surface area contributed by atoms with Crippen molar-refractivity contribution in [1.82, 2.24) is 4.90 Å². The van der Waals surface area contributed by atoms with E-state index in [0.717, 1.165) is 17.0 Å². The van der Waals surface area contributed by atoms with Gasteiger partial charge in [0.25, 0.3) is 0 Å². The van der Waals surface area contributed by atoms with Gasteiger partial charge in [0.2, 0.25) is 0 Å². The highest BCUT2D eigenvalue weighted by Gasteiger charge is 2.10. The maximum Gasteiger partial charge on any atom is 0.173 e. The second kappa shape index (κ2) is 7.66. The van der Waals surface area contributed by atoms with Crippen molar-refractivity contribution < 1.29 is 4.74 Å². The van der Waals surface area contributed by atoms with Crippen LogP contribution in [0.25, 0.3) is 0 Å². The van der Waals surface area contributed by atoms with Crippen LogP contribution in [0.4, 0.5) is 5.69 Å². The average Bonchev–Trinajstić information content (AvgIpc) is 2.51. The van der Waals surface area contributed by atoms with Crippen molar-refractivity contribution in [1.29, 1.82) is 0 Å². The van der Waals surface area contributed by atoms with E-state index in [-0.39, 0.29) is 0 Å². The molecule has 0 heterocycles. The summed E-state index contributed by atoms with van der Waals surface area (Å²) >= 11 is 11.6. The van der Waals surface area contributed by atoms with E-state index in [9.17, 15) is 0 Å². The lowest BCUT2D eigenvalue weighted by Crippen LogP contribution is -2.30. The molecule has 0 amide bonds. The SMILES string of the molecule is COc1ccc(Cl)cc1CN(C)C(=S)Nc1ccc(C)c(C)c1. The third kappa shape index (κ3) is 4.60. The Bertz CT molecular complexity index is 718. The second-order valence-electron chi connectivity index (χ2n) is 5.54. The smallest absolute Gasteiger partial charge is 0.173 e. The molecule has 0 atom stereocenters. The summed E-state index contributed by atoms with van der Waals surface area (Å²) in [5.74, 6) is 0.801. The average molecular weight is 349 g/mol. The predicted molar refractivity (Wildman–Crippen MR) is 102 cm³/mol. The Morgan fingerprint density at radius 1 is 1.17 bits per heavy atom. The number of thiocarbonyl (C=S) groups is 1. The van der Waals surface area contributed by atoms with Gasteiger partial charge in [-0.05, 0) is 67.5 Å². The molecular weight excluding hydrogens is 328 g/mol. The molecule has 2 rings (SSSR count). The number of nitrogens with zero attached hydrogens (tertiary/aromatic N) is 1. The largest absolute Gasteiger partial charge is 0.496 e. The highest BCUT2D eigenvalue weighted by Crippen LogP contribution is 2.24. The molecule has 0 aliphatic heterocycles. The maximum absolute atomic E-state index is 6.08. The molecule has 0 radical (unpaired) electrons. The van der Waals surface area contributed by atoms with Crippen molar-refractivity contribution in [2.24, 2.45) is 0 Å². The van der Waals surface area contributed by atoms with Gasteiger partial charge in [0.05, 0.1) is 7.11 Å². The van der Waals surface area contributed by atoms with E-state index < -0.39 is 0 Å². The Balaban J connectivity index is 2.08. The Morgan fingerprint density at radius 2 is 1.91 bits per heavy atom. The number of halogens is 1. The summed E-state index contributed by atoms with van der Waals surface area (Å²) in [7, 11) is 3.59. The molecule has 0 aliphatic carbocycles. The molecule has 0 saturated carbocycles. The van der Waals surface area contributed by atoms with Gasteiger partial charge < -0.3 is 15.0 Å². The number of benzene rings is 2. The van der Waals surface area contributed by atoms with Crippen LogP contribution in [0.5, 0.6) is 5.75 Å². The second-order valence-corrected chi connectivity index (χ2v) is 6.36. The summed E-state index contributed by atoms with van der Waals surface area (Å²) in [6, 6.07) is 11.8. The molecule has 2 aromatic carbocycles. The normalized spacial score (nSPS) is 10.3. The molecule has 2 aromatic rings. The van der Waals surface area contributed by atoms with Crippen LogP contribution in [0.15, 0.2) is 36.4 Å². The molecule has 0 spiro atoms. The summed E-state index contributed by atoms with van der Waals surface area (Å²) in [6.45, 7) is 4.79. The van der Waals surface area contributed by atoms with Crippen molar-refractivity contribution in [3.8, 4) is 5.75 Å². The first-order valence-electron chi connectivity index (χ1n) is 7.32. The van der Waals surface area contributed by atoms with E-state index in [4.69, 9.17) is 28.6 Å². The van der Waals surface area contributed by atoms with E-state index in [2.05, 4.69) is 31.3 Å². The van der Waals surface area contributed by atoms with Crippen LogP contribution >= 0.6 is 23.8 Å². The molecule has 0 saturated heterocycles. The summed E-state index contributed by atoms with van der Waals surface area (Å²) in [5.41, 5.74) is 4.48. The summed E-state index contributed by atoms with van der Waals surface area (Å²) in [6.07, 6.45) is 0. The van der Waals surface area contributed by atoms with Crippen LogP contribution in [-0.4, -0.2) is 24.2 Å². The molecule has 0 bridgehead atoms. The third-order valence-electron chi connectivity index (χ3n) is 3.75. The number of anilines is 1. The van der Waals surface area contributed by atoms with Gasteiger partial charge in [-0.3, -0.25) is 0 Å². The third-order valence-corrected chi connectivity index (χ3v) is 4.40. The van der Waals surface area contributed by atoms with Crippen LogP contribution in [0.2, 0.25) is 5.02 Å². The molecule has 5 heteroatoms. The van der Waals surface area contributed by atoms with Crippen LogP contribution < -0.4 is 10.1 Å². The van der Waals surface area contributed by atoms with Gasteiger partial charge in [0.1, 0.15) is 5.75 Å². The Labute approximate surface area is 148 Å². The molecule has 122 valence electrons. The van der Waals surface area contributed by atoms with E-state index in [0.29, 0.717) is 16.7 Å². The van der Waals surface area contributed by atoms with E-state index >= 15 is 0 Å². The minimum absolute atomic E-state index is 0.612. The Morgan fingerprint density at radius 3 is 2.57 bits per heavy atom. The summed E-state index contributed by atoms with van der Waals surface area (Å²) in [5, 5.41) is 4.60. The van der Waals surface area contributed by atoms with Crippen LogP contribution in [0, 0.1) is 13.8 Å². The molecular formula is C18H21ClN2OS. The van der Waals surface area contributed by atoms with Crippen molar-refractivity contribution in [3.63, 3.8) is 0 Å². The number of methoxy groups -OCH3 is 1. The van der Waals surface area contributed by atoms with Crippen molar-refractivity contribution in [3.05, 3.63) is 58.1 Å². The number of aryl methyl sites for hydroxylation is 2. The molecule has 0 aromatic heterocycles. The van der Waals surface area contributed by atoms with E-state index in [1.807, 2.05) is 36.2 Å². The standard InChI is InChI=1S/C18H21ClN2OS/c1-12-5-7-16(9-13(12)2)20-18(23)21(3)11-14-10-15(19)6-8-17(14)22-4/h5-10H,11H2,1-4H3,(H,20,23). The number of ether oxygens (including phenoxy) is 1. The van der Waals surface area contributed by atoms with E-state index in [1.54, 1.807) is 7.11 Å². The molecule has 0 fully saturated rings. The fourth-order valence-corrected chi connectivity index (χ4v) is 2.61. The van der Waals surface area contributed by atoms with E-state index in [1.165, 1.54) is 11.1 Å². The van der Waals surface area contributed by atoms with Gasteiger partial charge in [0.15, 0.2) is 5.11 Å². The Kier molecular flexibility index (Phi) is 5.85. The first-order valence-corrected chi connectivity index (χ1v) is 8.11. The van der Waals surface area contributed by atoms with Gasteiger partial charge in [-0.2, -0.15) is 0 Å². The van der Waals surface area contributed by atoms with Crippen molar-refractivity contribution >= 4 is 34.6 Å². The van der Waals surface area contributed by atoms with Crippen LogP contribution in [-0.2, 0) is 6.54 Å². The number of hydrogen-bond donors (Lipinski definition) is 1. The highest BCUT2D eigenvalue weighted by molar-refractivity contribution is 7.80. The molecule has 3 nitrogen and oxygen atoms in total. The number of nitrogens with one attached hydrogen (secondary N) is 1. The zero-order chi connectivity index (χ0) is 17.0. The number of hydrogen-bond acceptors (Lipinski definition) is 2. The lowest BCUT2D eigenvalue weighted by atomic mass is 10.1. The molecule has 1 N–H and O–H groups in total. The minimum Gasteiger partial charge on any atom is -0.496 e. The Hall–Kier alpha value is -1.78. The zero-order valence-corrected chi connectivity index (χ0v) is 15.4. The summed E-state index contributed by atoms with van der Waals surface area (Å²) < 4.78 is 5.38. The lowest BCUT2D eigenvalue weighted by molar-refractivity contribution is 0.399. The predicted octanol–water partition coefficient (Wildman–Crippen LogP) is 4.79. The van der Waals surface area contributed by atoms with Crippen LogP contribution in [0.3, 0.4) is 0 Å². The molecule has 23 heavy (non-hydrogen) atoms. The topological polar surface area (TPSA) is 24.5 Å². The van der Waals surface area contributed by atoms with Gasteiger partial charge in [-0.25, -0.2) is 0 Å². The fourth-order valence-electron chi connectivity index (χ4n) is 2.24. The van der Waals surface area contributed by atoms with Crippen molar-refractivity contribution in [2.75, 3.05) is 19.5 Å². The monoisotopic (exact) mass is 348 g/mol. The highest BCUT2D eigenvalue weighted by atomic mass is 35.5. The minimum atomic E-state index is 0.612. The van der Waals surface area contributed by atoms with Crippen LogP contribution in [0.1, 0.15) is 16.7 Å². The van der Waals surface area contributed by atoms with Gasteiger partial charge in [-0.15, -0.1) is 0 Å². The molecule has 0 aliphatic rings. The quantitative estimate of drug-likeness (QED) is 0.802.